The molecule has 0 saturated carbocycles. The fourth-order valence-electron chi connectivity index (χ4n) is 3.30. The third-order valence-corrected chi connectivity index (χ3v) is 5.55. The molecule has 1 N–H and O–H groups in total. The molecule has 1 heterocycles. The van der Waals surface area contributed by atoms with Crippen molar-refractivity contribution in [3.63, 3.8) is 0 Å². The van der Waals surface area contributed by atoms with Crippen molar-refractivity contribution in [1.29, 1.82) is 0 Å². The van der Waals surface area contributed by atoms with Crippen LogP contribution in [0.25, 0.3) is 0 Å². The third-order valence-electron chi connectivity index (χ3n) is 5.55. The summed E-state index contributed by atoms with van der Waals surface area (Å²) in [7, 11) is 1.70. The number of carbonyl (C=O) groups is 1. The minimum atomic E-state index is -0.977. The highest BCUT2D eigenvalue weighted by molar-refractivity contribution is 5.90. The number of methoxy groups -OCH3 is 1. The van der Waals surface area contributed by atoms with Crippen molar-refractivity contribution in [3.8, 4) is 0 Å². The Bertz CT molecular complexity index is 587. The summed E-state index contributed by atoms with van der Waals surface area (Å²) in [5.74, 6) is -0.210. The molecule has 4 heteroatoms. The molecular formula is C21H32O4. The van der Waals surface area contributed by atoms with E-state index in [1.54, 1.807) is 7.11 Å². The molecule has 2 aliphatic rings. The van der Waals surface area contributed by atoms with E-state index in [2.05, 4.69) is 13.0 Å². The smallest absolute Gasteiger partial charge is 0.334 e. The molecule has 0 aromatic heterocycles. The average molecular weight is 348 g/mol. The van der Waals surface area contributed by atoms with Gasteiger partial charge in [-0.05, 0) is 51.5 Å². The molecule has 1 aliphatic carbocycles. The molecule has 140 valence electrons. The molecule has 3 atom stereocenters. The van der Waals surface area contributed by atoms with Gasteiger partial charge in [-0.3, -0.25) is 0 Å². The van der Waals surface area contributed by atoms with E-state index >= 15 is 0 Å². The van der Waals surface area contributed by atoms with Gasteiger partial charge in [-0.25, -0.2) is 4.79 Å². The van der Waals surface area contributed by atoms with Gasteiger partial charge < -0.3 is 14.6 Å². The summed E-state index contributed by atoms with van der Waals surface area (Å²) in [5, 5.41) is 11.1. The number of esters is 1. The van der Waals surface area contributed by atoms with Gasteiger partial charge in [-0.1, -0.05) is 37.6 Å². The predicted octanol–water partition coefficient (Wildman–Crippen LogP) is 4.10. The zero-order valence-electron chi connectivity index (χ0n) is 16.2. The molecule has 0 spiro atoms. The highest BCUT2D eigenvalue weighted by Gasteiger charge is 2.33. The zero-order valence-corrected chi connectivity index (χ0v) is 16.2. The van der Waals surface area contributed by atoms with Crippen LogP contribution in [0.4, 0.5) is 0 Å². The van der Waals surface area contributed by atoms with Crippen molar-refractivity contribution in [2.75, 3.05) is 7.11 Å². The second-order valence-electron chi connectivity index (χ2n) is 7.92. The maximum absolute atomic E-state index is 12.1. The van der Waals surface area contributed by atoms with Gasteiger partial charge >= 0.3 is 5.97 Å². The van der Waals surface area contributed by atoms with Crippen LogP contribution in [0.15, 0.2) is 35.5 Å². The maximum Gasteiger partial charge on any atom is 0.334 e. The van der Waals surface area contributed by atoms with E-state index in [0.717, 1.165) is 19.3 Å². The Morgan fingerprint density at radius 2 is 2.04 bits per heavy atom. The molecule has 0 saturated heterocycles. The van der Waals surface area contributed by atoms with Crippen LogP contribution >= 0.6 is 0 Å². The van der Waals surface area contributed by atoms with Crippen molar-refractivity contribution in [3.05, 3.63) is 35.5 Å². The first kappa shape index (κ1) is 19.9. The predicted molar refractivity (Wildman–Crippen MR) is 99.1 cm³/mol. The van der Waals surface area contributed by atoms with Gasteiger partial charge in [0.15, 0.2) is 0 Å². The largest absolute Gasteiger partial charge is 0.454 e. The Balaban J connectivity index is 2.33. The van der Waals surface area contributed by atoms with E-state index in [1.807, 2.05) is 39.0 Å². The monoisotopic (exact) mass is 348 g/mol. The number of fused-ring (bicyclic) bond motifs is 1. The molecule has 1 aliphatic heterocycles. The summed E-state index contributed by atoms with van der Waals surface area (Å²) in [5.41, 5.74) is 0.494. The van der Waals surface area contributed by atoms with E-state index in [1.165, 1.54) is 5.57 Å². The first-order valence-electron chi connectivity index (χ1n) is 9.23. The minimum absolute atomic E-state index is 0.0359. The topological polar surface area (TPSA) is 55.8 Å². The lowest BCUT2D eigenvalue weighted by Gasteiger charge is -2.32. The van der Waals surface area contributed by atoms with E-state index in [-0.39, 0.29) is 18.0 Å². The molecule has 2 rings (SSSR count). The van der Waals surface area contributed by atoms with Crippen molar-refractivity contribution in [2.45, 2.75) is 77.1 Å². The van der Waals surface area contributed by atoms with Crippen molar-refractivity contribution < 1.29 is 19.4 Å². The number of ether oxygens (including phenoxy) is 2. The second kappa shape index (κ2) is 7.88. The van der Waals surface area contributed by atoms with E-state index in [0.29, 0.717) is 18.4 Å². The third kappa shape index (κ3) is 5.05. The van der Waals surface area contributed by atoms with Crippen LogP contribution in [0.3, 0.4) is 0 Å². The summed E-state index contributed by atoms with van der Waals surface area (Å²) in [6, 6.07) is 0. The first-order valence-corrected chi connectivity index (χ1v) is 9.23. The Labute approximate surface area is 151 Å². The van der Waals surface area contributed by atoms with Crippen LogP contribution in [-0.4, -0.2) is 35.5 Å². The van der Waals surface area contributed by atoms with Crippen LogP contribution in [0, 0.1) is 5.92 Å². The number of aliphatic hydroxyl groups is 1. The lowest BCUT2D eigenvalue weighted by atomic mass is 9.82. The zero-order chi connectivity index (χ0) is 18.7. The van der Waals surface area contributed by atoms with Gasteiger partial charge in [0, 0.05) is 19.1 Å². The molecule has 2 bridgehead atoms. The Morgan fingerprint density at radius 3 is 2.68 bits per heavy atom. The van der Waals surface area contributed by atoms with Crippen LogP contribution in [0.5, 0.6) is 0 Å². The van der Waals surface area contributed by atoms with Gasteiger partial charge in [-0.15, -0.1) is 0 Å². The summed E-state index contributed by atoms with van der Waals surface area (Å²) >= 11 is 0. The quantitative estimate of drug-likeness (QED) is 0.603. The fourth-order valence-corrected chi connectivity index (χ4v) is 3.30. The minimum Gasteiger partial charge on any atom is -0.454 e. The van der Waals surface area contributed by atoms with Crippen molar-refractivity contribution in [1.82, 2.24) is 0 Å². The van der Waals surface area contributed by atoms with Gasteiger partial charge in [-0.2, -0.15) is 0 Å². The van der Waals surface area contributed by atoms with Gasteiger partial charge in [0.25, 0.3) is 0 Å². The van der Waals surface area contributed by atoms with Crippen molar-refractivity contribution >= 4 is 5.97 Å². The number of hydrogen-bond donors (Lipinski definition) is 1. The van der Waals surface area contributed by atoms with Crippen molar-refractivity contribution in [2.24, 2.45) is 5.92 Å². The maximum atomic E-state index is 12.1. The average Bonchev–Trinajstić information content (AvgIpc) is 2.89. The van der Waals surface area contributed by atoms with Crippen LogP contribution in [0.1, 0.15) is 59.8 Å². The van der Waals surface area contributed by atoms with Gasteiger partial charge in [0.05, 0.1) is 11.2 Å². The fraction of sp³-hybridized carbons (Fsp3) is 0.667. The highest BCUT2D eigenvalue weighted by atomic mass is 16.5. The molecule has 0 amide bonds. The Morgan fingerprint density at radius 1 is 1.32 bits per heavy atom. The van der Waals surface area contributed by atoms with Crippen LogP contribution < -0.4 is 0 Å². The molecule has 0 aromatic carbocycles. The van der Waals surface area contributed by atoms with E-state index in [4.69, 9.17) is 9.47 Å². The SMILES string of the molecule is CO[C@@]1(C)/C=C\[C@@](O)(C(C)C)CCC2=C[C@H](C/C(C)=C\CC1)OC2=O. The summed E-state index contributed by atoms with van der Waals surface area (Å²) in [6.45, 7) is 8.10. The lowest BCUT2D eigenvalue weighted by molar-refractivity contribution is -0.139. The highest BCUT2D eigenvalue weighted by Crippen LogP contribution is 2.32. The first-order chi connectivity index (χ1) is 11.7. The Kier molecular flexibility index (Phi) is 6.28. The molecular weight excluding hydrogens is 316 g/mol. The molecule has 0 aromatic rings. The summed E-state index contributed by atoms with van der Waals surface area (Å²) in [4.78, 5) is 12.1. The van der Waals surface area contributed by atoms with E-state index in [9.17, 15) is 9.90 Å². The second-order valence-corrected chi connectivity index (χ2v) is 7.92. The molecule has 0 unspecified atom stereocenters. The molecule has 0 radical (unpaired) electrons. The van der Waals surface area contributed by atoms with Crippen LogP contribution in [0.2, 0.25) is 0 Å². The standard InChI is InChI=1S/C21H32O4/c1-15(2)21(23)10-8-17-14-18(25-19(17)22)13-16(3)7-6-9-20(4,24-5)11-12-21/h7,11-12,14-15,18,23H,6,8-10,13H2,1-5H3/b12-11-,16-7-/t18-,20+,21+/m0/s1. The Hall–Kier alpha value is -1.39. The molecule has 0 fully saturated rings. The number of hydrogen-bond acceptors (Lipinski definition) is 4. The molecule has 4 nitrogen and oxygen atoms in total. The summed E-state index contributed by atoms with van der Waals surface area (Å²) in [6.07, 6.45) is 11.2. The normalized spacial score (nSPS) is 37.7. The number of allylic oxidation sites excluding steroid dienone is 1. The van der Waals surface area contributed by atoms with Gasteiger partial charge in [0.2, 0.25) is 0 Å². The van der Waals surface area contributed by atoms with Gasteiger partial charge in [0.1, 0.15) is 6.10 Å². The number of carbonyl (C=O) groups excluding carboxylic acids is 1. The lowest BCUT2D eigenvalue weighted by Crippen LogP contribution is -2.34. The molecule has 25 heavy (non-hydrogen) atoms. The van der Waals surface area contributed by atoms with Crippen LogP contribution in [-0.2, 0) is 14.3 Å². The summed E-state index contributed by atoms with van der Waals surface area (Å²) < 4.78 is 11.2. The number of rotatable bonds is 2. The van der Waals surface area contributed by atoms with E-state index < -0.39 is 11.2 Å².